The third-order valence-electron chi connectivity index (χ3n) is 1.45. The third-order valence-corrected chi connectivity index (χ3v) is 2.30. The quantitative estimate of drug-likeness (QED) is 0.686. The molecule has 1 heterocycles. The first-order chi connectivity index (χ1) is 5.20. The van der Waals surface area contributed by atoms with Gasteiger partial charge in [-0.05, 0) is 0 Å². The fourth-order valence-corrected chi connectivity index (χ4v) is 1.61. The molecule has 1 N–H and O–H groups in total. The highest BCUT2D eigenvalue weighted by atomic mass is 32.1. The maximum atomic E-state index is 10.2. The molecule has 0 radical (unpaired) electrons. The zero-order chi connectivity index (χ0) is 8.27. The van der Waals surface area contributed by atoms with Gasteiger partial charge in [-0.15, -0.1) is 0 Å². The summed E-state index contributed by atoms with van der Waals surface area (Å²) in [6, 6.07) is 0. The van der Waals surface area contributed by atoms with Crippen LogP contribution in [0.4, 0.5) is 0 Å². The molecule has 60 valence electrons. The van der Waals surface area contributed by atoms with Crippen LogP contribution in [0.3, 0.4) is 0 Å². The normalized spacial score (nSPS) is 9.91. The molecule has 1 aromatic heterocycles. The van der Waals surface area contributed by atoms with Crippen LogP contribution in [0.15, 0.2) is 10.9 Å². The number of rotatable bonds is 3. The first-order valence-electron chi connectivity index (χ1n) is 3.34. The molecule has 0 bridgehead atoms. The molecule has 11 heavy (non-hydrogen) atoms. The highest BCUT2D eigenvalue weighted by Crippen LogP contribution is 1.96. The lowest BCUT2D eigenvalue weighted by atomic mass is 10.4. The van der Waals surface area contributed by atoms with E-state index in [-0.39, 0.29) is 6.42 Å². The second-order valence-electron chi connectivity index (χ2n) is 2.34. The Kier molecular flexibility index (Phi) is 2.59. The van der Waals surface area contributed by atoms with Crippen molar-refractivity contribution < 1.29 is 14.5 Å². The highest BCUT2D eigenvalue weighted by molar-refractivity contribution is 7.07. The van der Waals surface area contributed by atoms with E-state index in [0.29, 0.717) is 6.54 Å². The number of carboxylic acids is 1. The van der Waals surface area contributed by atoms with Crippen molar-refractivity contribution in [2.75, 3.05) is 0 Å². The maximum absolute atomic E-state index is 10.2. The minimum atomic E-state index is -0.747. The minimum absolute atomic E-state index is 0.197. The number of hydrogen-bond acceptors (Lipinski definition) is 2. The molecule has 1 aromatic rings. The maximum Gasteiger partial charge on any atom is 0.309 e. The highest BCUT2D eigenvalue weighted by Gasteiger charge is 2.08. The summed E-state index contributed by atoms with van der Waals surface area (Å²) in [7, 11) is 0. The molecule has 0 amide bonds. The van der Waals surface area contributed by atoms with Gasteiger partial charge in [-0.3, -0.25) is 4.79 Å². The van der Waals surface area contributed by atoms with Crippen molar-refractivity contribution in [2.45, 2.75) is 19.9 Å². The number of aromatic nitrogens is 1. The van der Waals surface area contributed by atoms with E-state index in [0.717, 1.165) is 5.69 Å². The van der Waals surface area contributed by atoms with Crippen molar-refractivity contribution in [3.8, 4) is 0 Å². The van der Waals surface area contributed by atoms with Gasteiger partial charge in [0.15, 0.2) is 12.2 Å². The van der Waals surface area contributed by atoms with Crippen LogP contribution < -0.4 is 4.57 Å². The Balaban J connectivity index is 2.51. The molecule has 0 aromatic carbocycles. The lowest BCUT2D eigenvalue weighted by Crippen LogP contribution is -2.34. The number of aliphatic carboxylic acids is 1. The Labute approximate surface area is 68.9 Å². The van der Waals surface area contributed by atoms with Crippen molar-refractivity contribution in [1.82, 2.24) is 0 Å². The molecule has 0 fully saturated rings. The molecule has 0 spiro atoms. The van der Waals surface area contributed by atoms with Crippen LogP contribution in [0.5, 0.6) is 0 Å². The summed E-state index contributed by atoms with van der Waals surface area (Å²) < 4.78 is 1.94. The molecule has 0 atom stereocenters. The van der Waals surface area contributed by atoms with Gasteiger partial charge in [0, 0.05) is 6.92 Å². The molecule has 0 aliphatic carbocycles. The van der Waals surface area contributed by atoms with Crippen molar-refractivity contribution in [1.29, 1.82) is 0 Å². The molecule has 0 unspecified atom stereocenters. The molecule has 1 rings (SSSR count). The summed E-state index contributed by atoms with van der Waals surface area (Å²) in [5, 5.41) is 10.4. The Hall–Kier alpha value is -0.900. The van der Waals surface area contributed by atoms with E-state index in [1.165, 1.54) is 0 Å². The van der Waals surface area contributed by atoms with E-state index in [2.05, 4.69) is 0 Å². The number of nitrogens with zero attached hydrogens (tertiary/aromatic N) is 1. The summed E-state index contributed by atoms with van der Waals surface area (Å²) in [5.41, 5.74) is 3.05. The summed E-state index contributed by atoms with van der Waals surface area (Å²) >= 11 is 1.59. The van der Waals surface area contributed by atoms with Gasteiger partial charge in [0.25, 0.3) is 0 Å². The molecule has 0 aliphatic heterocycles. The lowest BCUT2D eigenvalue weighted by Gasteiger charge is -1.89. The second-order valence-corrected chi connectivity index (χ2v) is 3.06. The molecule has 4 heteroatoms. The second kappa shape index (κ2) is 3.48. The van der Waals surface area contributed by atoms with Gasteiger partial charge in [-0.25, -0.2) is 0 Å². The number of carbonyl (C=O) groups is 1. The van der Waals surface area contributed by atoms with Crippen molar-refractivity contribution in [3.63, 3.8) is 0 Å². The standard InChI is InChI=1S/C7H9NO2S/c1-6-4-11-5-8(6)3-2-7(9)10/h4-5H,2-3H2,1H3/p+1. The van der Waals surface area contributed by atoms with Crippen LogP contribution >= 0.6 is 11.3 Å². The minimum Gasteiger partial charge on any atom is -0.481 e. The van der Waals surface area contributed by atoms with Gasteiger partial charge in [-0.2, -0.15) is 4.57 Å². The Morgan fingerprint density at radius 1 is 1.82 bits per heavy atom. The third kappa shape index (κ3) is 2.31. The van der Waals surface area contributed by atoms with Crippen molar-refractivity contribution >= 4 is 17.3 Å². The van der Waals surface area contributed by atoms with Gasteiger partial charge in [0.2, 0.25) is 5.51 Å². The molecule has 0 saturated carbocycles. The predicted octanol–water partition coefficient (Wildman–Crippen LogP) is 0.819. The molecule has 0 aliphatic rings. The van der Waals surface area contributed by atoms with Gasteiger partial charge < -0.3 is 5.11 Å². The summed E-state index contributed by atoms with van der Waals surface area (Å²) in [6.45, 7) is 2.54. The van der Waals surface area contributed by atoms with Gasteiger partial charge in [0.05, 0.1) is 5.38 Å². The fraction of sp³-hybridized carbons (Fsp3) is 0.429. The molecule has 0 saturated heterocycles. The topological polar surface area (TPSA) is 41.2 Å². The van der Waals surface area contributed by atoms with Gasteiger partial charge in [0.1, 0.15) is 6.42 Å². The largest absolute Gasteiger partial charge is 0.481 e. The van der Waals surface area contributed by atoms with Gasteiger partial charge in [-0.1, -0.05) is 11.3 Å². The summed E-state index contributed by atoms with van der Waals surface area (Å²) in [6.07, 6.45) is 0.197. The molecular formula is C7H10NO2S+. The lowest BCUT2D eigenvalue weighted by molar-refractivity contribution is -0.697. The van der Waals surface area contributed by atoms with Crippen LogP contribution in [0.2, 0.25) is 0 Å². The van der Waals surface area contributed by atoms with E-state index in [1.54, 1.807) is 11.3 Å². The van der Waals surface area contributed by atoms with E-state index >= 15 is 0 Å². The van der Waals surface area contributed by atoms with Crippen LogP contribution in [-0.2, 0) is 11.3 Å². The number of hydrogen-bond donors (Lipinski definition) is 1. The summed E-state index contributed by atoms with van der Waals surface area (Å²) in [5.74, 6) is -0.747. The van der Waals surface area contributed by atoms with Crippen LogP contribution in [0, 0.1) is 6.92 Å². The zero-order valence-corrected chi connectivity index (χ0v) is 7.10. The van der Waals surface area contributed by atoms with E-state index < -0.39 is 5.97 Å². The summed E-state index contributed by atoms with van der Waals surface area (Å²) in [4.78, 5) is 10.2. The van der Waals surface area contributed by atoms with Crippen molar-refractivity contribution in [3.05, 3.63) is 16.6 Å². The smallest absolute Gasteiger partial charge is 0.309 e. The number of thiazole rings is 1. The van der Waals surface area contributed by atoms with Gasteiger partial charge >= 0.3 is 5.97 Å². The fourth-order valence-electron chi connectivity index (χ4n) is 0.798. The van der Waals surface area contributed by atoms with E-state index in [9.17, 15) is 4.79 Å². The average Bonchev–Trinajstić information content (AvgIpc) is 2.31. The predicted molar refractivity (Wildman–Crippen MR) is 41.5 cm³/mol. The molecule has 3 nitrogen and oxygen atoms in total. The van der Waals surface area contributed by atoms with Crippen LogP contribution in [0.25, 0.3) is 0 Å². The van der Waals surface area contributed by atoms with E-state index in [1.807, 2.05) is 22.4 Å². The number of aryl methyl sites for hydroxylation is 2. The van der Waals surface area contributed by atoms with Crippen LogP contribution in [-0.4, -0.2) is 11.1 Å². The first-order valence-corrected chi connectivity index (χ1v) is 4.28. The van der Waals surface area contributed by atoms with E-state index in [4.69, 9.17) is 5.11 Å². The van der Waals surface area contributed by atoms with Crippen molar-refractivity contribution in [2.24, 2.45) is 0 Å². The number of carboxylic acid groups (broad SMARTS) is 1. The first kappa shape index (κ1) is 8.20. The monoisotopic (exact) mass is 172 g/mol. The van der Waals surface area contributed by atoms with Crippen LogP contribution in [0.1, 0.15) is 12.1 Å². The molecular weight excluding hydrogens is 162 g/mol. The Morgan fingerprint density at radius 3 is 3.00 bits per heavy atom. The SMILES string of the molecule is Cc1csc[n+]1CCC(=O)O. The Bertz CT molecular complexity index is 257. The average molecular weight is 172 g/mol. The Morgan fingerprint density at radius 2 is 2.55 bits per heavy atom. The zero-order valence-electron chi connectivity index (χ0n) is 6.28.